The van der Waals surface area contributed by atoms with Gasteiger partial charge in [0.1, 0.15) is 0 Å². The van der Waals surface area contributed by atoms with Gasteiger partial charge in [0.2, 0.25) is 0 Å². The molecule has 2 heteroatoms. The number of allylic oxidation sites excluding steroid dienone is 3. The molecule has 130 valence electrons. The minimum Gasteiger partial charge on any atom is -0.128 e. The van der Waals surface area contributed by atoms with E-state index in [1.54, 1.807) is 16.7 Å². The number of fused-ring (bicyclic) bond motifs is 3. The molecule has 3 aromatic rings. The molecule has 26 heavy (non-hydrogen) atoms. The van der Waals surface area contributed by atoms with Crippen molar-refractivity contribution in [3.63, 3.8) is 0 Å². The third-order valence-electron chi connectivity index (χ3n) is 6.08. The minimum absolute atomic E-state index is 0.566. The van der Waals surface area contributed by atoms with E-state index in [1.165, 1.54) is 49.0 Å². The molecule has 5 rings (SSSR count). The maximum absolute atomic E-state index is 3.66. The number of rotatable bonds is 3. The van der Waals surface area contributed by atoms with Crippen molar-refractivity contribution in [2.24, 2.45) is 0 Å². The molecule has 0 fully saturated rings. The van der Waals surface area contributed by atoms with Crippen molar-refractivity contribution < 1.29 is 0 Å². The van der Waals surface area contributed by atoms with Crippen LogP contribution in [0.25, 0.3) is 21.7 Å². The first-order valence-corrected chi connectivity index (χ1v) is 10.9. The van der Waals surface area contributed by atoms with Crippen LogP contribution in [0.1, 0.15) is 53.5 Å². The molecule has 2 aromatic carbocycles. The van der Waals surface area contributed by atoms with Gasteiger partial charge in [-0.05, 0) is 99.9 Å². The molecular weight excluding hydrogens is 400 g/mol. The lowest BCUT2D eigenvalue weighted by Gasteiger charge is -2.14. The first-order chi connectivity index (χ1) is 12.6. The second kappa shape index (κ2) is 6.21. The van der Waals surface area contributed by atoms with Gasteiger partial charge >= 0.3 is 0 Å². The van der Waals surface area contributed by atoms with E-state index in [4.69, 9.17) is 0 Å². The Labute approximate surface area is 167 Å². The van der Waals surface area contributed by atoms with Gasteiger partial charge in [-0.25, -0.2) is 0 Å². The molecule has 1 atom stereocenters. The van der Waals surface area contributed by atoms with Crippen molar-refractivity contribution in [2.45, 2.75) is 39.0 Å². The average molecular weight is 421 g/mol. The van der Waals surface area contributed by atoms with Crippen LogP contribution in [0, 0.1) is 6.92 Å². The van der Waals surface area contributed by atoms with Gasteiger partial charge in [0.05, 0.1) is 3.79 Å². The summed E-state index contributed by atoms with van der Waals surface area (Å²) < 4.78 is 2.64. The third-order valence-corrected chi connectivity index (χ3v) is 7.66. The van der Waals surface area contributed by atoms with Gasteiger partial charge in [-0.3, -0.25) is 0 Å². The number of halogens is 1. The zero-order valence-electron chi connectivity index (χ0n) is 15.1. The maximum Gasteiger partial charge on any atom is 0.0711 e. The van der Waals surface area contributed by atoms with Crippen LogP contribution >= 0.6 is 27.3 Å². The van der Waals surface area contributed by atoms with Crippen LogP contribution in [-0.2, 0) is 6.42 Å². The minimum atomic E-state index is 0.566. The Morgan fingerprint density at radius 1 is 1.15 bits per heavy atom. The van der Waals surface area contributed by atoms with Crippen LogP contribution in [0.5, 0.6) is 0 Å². The summed E-state index contributed by atoms with van der Waals surface area (Å²) in [5.41, 5.74) is 10.6. The molecule has 0 N–H and O–H groups in total. The van der Waals surface area contributed by atoms with Gasteiger partial charge in [0.15, 0.2) is 0 Å². The Hall–Kier alpha value is -1.64. The van der Waals surface area contributed by atoms with Crippen molar-refractivity contribution in [3.8, 4) is 0 Å². The monoisotopic (exact) mass is 420 g/mol. The summed E-state index contributed by atoms with van der Waals surface area (Å²) in [5, 5.41) is 1.42. The Kier molecular flexibility index (Phi) is 3.95. The zero-order chi connectivity index (χ0) is 17.8. The molecule has 1 aromatic heterocycles. The second-order valence-corrected chi connectivity index (χ2v) is 10.0. The lowest BCUT2D eigenvalue weighted by molar-refractivity contribution is 0.767. The fraction of sp³-hybridized carbons (Fsp3) is 0.250. The fourth-order valence-electron chi connectivity index (χ4n) is 4.68. The first kappa shape index (κ1) is 16.5. The van der Waals surface area contributed by atoms with Crippen LogP contribution in [0.3, 0.4) is 0 Å². The van der Waals surface area contributed by atoms with Crippen molar-refractivity contribution >= 4 is 49.0 Å². The lowest BCUT2D eigenvalue weighted by atomic mass is 9.91. The smallest absolute Gasteiger partial charge is 0.0711 e. The Morgan fingerprint density at radius 3 is 2.88 bits per heavy atom. The van der Waals surface area contributed by atoms with E-state index < -0.39 is 0 Å². The van der Waals surface area contributed by atoms with Gasteiger partial charge in [0, 0.05) is 10.6 Å². The molecule has 0 radical (unpaired) electrons. The molecule has 0 amide bonds. The van der Waals surface area contributed by atoms with Gasteiger partial charge in [-0.15, -0.1) is 11.3 Å². The summed E-state index contributed by atoms with van der Waals surface area (Å²) in [6.45, 7) is 4.63. The Bertz CT molecular complexity index is 1100. The van der Waals surface area contributed by atoms with Gasteiger partial charge in [-0.2, -0.15) is 0 Å². The van der Waals surface area contributed by atoms with Crippen molar-refractivity contribution in [1.82, 2.24) is 0 Å². The standard InChI is InChI=1S/C24H21BrS/c1-14-11-20-15(2)21-13-24(25)26-23(21)12-22(20)18(14)10-9-17-8-7-16-5-3-4-6-19(16)17/h3-8,12-13,17H,9-11H2,1-2H3. The molecule has 0 nitrogen and oxygen atoms in total. The second-order valence-electron chi connectivity index (χ2n) is 7.56. The van der Waals surface area contributed by atoms with E-state index in [2.05, 4.69) is 78.3 Å². The highest BCUT2D eigenvalue weighted by molar-refractivity contribution is 9.11. The van der Waals surface area contributed by atoms with Crippen LogP contribution < -0.4 is 0 Å². The van der Waals surface area contributed by atoms with Crippen molar-refractivity contribution in [3.05, 3.63) is 79.7 Å². The van der Waals surface area contributed by atoms with Crippen LogP contribution in [0.2, 0.25) is 0 Å². The van der Waals surface area contributed by atoms with Crippen LogP contribution in [0.4, 0.5) is 0 Å². The molecule has 0 bridgehead atoms. The zero-order valence-corrected chi connectivity index (χ0v) is 17.5. The number of benzene rings is 2. The third kappa shape index (κ3) is 2.54. The van der Waals surface area contributed by atoms with E-state index in [9.17, 15) is 0 Å². The maximum atomic E-state index is 3.66. The topological polar surface area (TPSA) is 0 Å². The molecule has 1 unspecified atom stereocenters. The normalized spacial score (nSPS) is 18.0. The van der Waals surface area contributed by atoms with Crippen molar-refractivity contribution in [1.29, 1.82) is 0 Å². The van der Waals surface area contributed by atoms with Crippen molar-refractivity contribution in [2.75, 3.05) is 0 Å². The largest absolute Gasteiger partial charge is 0.128 e. The quantitative estimate of drug-likeness (QED) is 0.403. The molecule has 0 aliphatic heterocycles. The number of aryl methyl sites for hydroxylation is 1. The fourth-order valence-corrected chi connectivity index (χ4v) is 6.32. The number of thiophene rings is 1. The predicted octanol–water partition coefficient (Wildman–Crippen LogP) is 7.89. The lowest BCUT2D eigenvalue weighted by Crippen LogP contribution is -1.95. The van der Waals surface area contributed by atoms with Gasteiger partial charge in [0.25, 0.3) is 0 Å². The summed E-state index contributed by atoms with van der Waals surface area (Å²) >= 11 is 5.52. The molecule has 2 aliphatic rings. The predicted molar refractivity (Wildman–Crippen MR) is 118 cm³/mol. The van der Waals surface area contributed by atoms with E-state index in [1.807, 2.05) is 11.3 Å². The van der Waals surface area contributed by atoms with E-state index in [0.29, 0.717) is 5.92 Å². The first-order valence-electron chi connectivity index (χ1n) is 9.29. The number of hydrogen-bond donors (Lipinski definition) is 0. The van der Waals surface area contributed by atoms with Crippen LogP contribution in [-0.4, -0.2) is 0 Å². The Morgan fingerprint density at radius 2 is 2.00 bits per heavy atom. The summed E-state index contributed by atoms with van der Waals surface area (Å²) in [6, 6.07) is 13.6. The van der Waals surface area contributed by atoms with E-state index >= 15 is 0 Å². The molecule has 0 saturated heterocycles. The Balaban J connectivity index is 1.46. The highest BCUT2D eigenvalue weighted by atomic mass is 79.9. The molecule has 2 aliphatic carbocycles. The van der Waals surface area contributed by atoms with E-state index in [-0.39, 0.29) is 0 Å². The summed E-state index contributed by atoms with van der Waals surface area (Å²) in [7, 11) is 0. The molecule has 0 saturated carbocycles. The summed E-state index contributed by atoms with van der Waals surface area (Å²) in [4.78, 5) is 0. The van der Waals surface area contributed by atoms with Crippen LogP contribution in [0.15, 0.2) is 51.8 Å². The number of hydrogen-bond acceptors (Lipinski definition) is 1. The summed E-state index contributed by atoms with van der Waals surface area (Å²) in [5.74, 6) is 0.566. The average Bonchev–Trinajstić information content (AvgIpc) is 3.29. The highest BCUT2D eigenvalue weighted by Crippen LogP contribution is 2.44. The van der Waals surface area contributed by atoms with E-state index in [0.717, 1.165) is 6.42 Å². The summed E-state index contributed by atoms with van der Waals surface area (Å²) in [6.07, 6.45) is 8.17. The van der Waals surface area contributed by atoms with Gasteiger partial charge < -0.3 is 0 Å². The van der Waals surface area contributed by atoms with Gasteiger partial charge in [-0.1, -0.05) is 42.0 Å². The SMILES string of the molecule is CC1=C(CCC2C=Cc3ccccc32)c2cc3sc(Br)cc3c(C)c2C1. The molecule has 1 heterocycles. The molecular formula is C24H21BrS. The highest BCUT2D eigenvalue weighted by Gasteiger charge is 2.24. The molecule has 0 spiro atoms.